The van der Waals surface area contributed by atoms with Crippen molar-refractivity contribution in [2.75, 3.05) is 11.3 Å². The van der Waals surface area contributed by atoms with Crippen LogP contribution in [0.5, 0.6) is 0 Å². The second-order valence-corrected chi connectivity index (χ2v) is 12.5. The van der Waals surface area contributed by atoms with E-state index in [1.165, 1.54) is 56.0 Å². The van der Waals surface area contributed by atoms with E-state index in [0.29, 0.717) is 19.4 Å². The number of carboxylic acids is 1. The molecule has 10 heteroatoms. The lowest BCUT2D eigenvalue weighted by Gasteiger charge is -2.17. The third kappa shape index (κ3) is 12.9. The molecule has 0 aliphatic rings. The molecule has 0 radical (unpaired) electrons. The third-order valence-electron chi connectivity index (χ3n) is 7.32. The van der Waals surface area contributed by atoms with Crippen LogP contribution >= 0.6 is 0 Å². The Morgan fingerprint density at radius 3 is 1.88 bits per heavy atom. The Kier molecular flexibility index (Phi) is 16.2. The van der Waals surface area contributed by atoms with Crippen molar-refractivity contribution < 1.29 is 33.3 Å². The smallest absolute Gasteiger partial charge is 0.337 e. The average molecular weight is 605 g/mol. The van der Waals surface area contributed by atoms with Crippen molar-refractivity contribution in [1.82, 2.24) is 5.32 Å². The fraction of sp³-hybridized carbons (Fsp3) is 0.562. The summed E-state index contributed by atoms with van der Waals surface area (Å²) in [6.45, 7) is 2.63. The van der Waals surface area contributed by atoms with Gasteiger partial charge in [0.2, 0.25) is 0 Å². The van der Waals surface area contributed by atoms with Crippen LogP contribution in [0.2, 0.25) is 0 Å². The van der Waals surface area contributed by atoms with E-state index >= 15 is 0 Å². The lowest BCUT2D eigenvalue weighted by molar-refractivity contribution is 0.00712. The number of sulfonamides is 1. The first-order valence-electron chi connectivity index (χ1n) is 15.2. The molecule has 2 unspecified atom stereocenters. The Morgan fingerprint density at radius 2 is 1.31 bits per heavy atom. The van der Waals surface area contributed by atoms with Gasteiger partial charge in [-0.1, -0.05) is 95.8 Å². The summed E-state index contributed by atoms with van der Waals surface area (Å²) in [5, 5.41) is 32.6. The van der Waals surface area contributed by atoms with Gasteiger partial charge in [-0.2, -0.15) is 0 Å². The van der Waals surface area contributed by atoms with Gasteiger partial charge in [0, 0.05) is 12.1 Å². The van der Waals surface area contributed by atoms with Gasteiger partial charge in [0.25, 0.3) is 15.9 Å². The van der Waals surface area contributed by atoms with Crippen LogP contribution in [0.3, 0.4) is 0 Å². The summed E-state index contributed by atoms with van der Waals surface area (Å²) in [4.78, 5) is 24.3. The van der Waals surface area contributed by atoms with Gasteiger partial charge in [-0.15, -0.1) is 0 Å². The summed E-state index contributed by atoms with van der Waals surface area (Å²) in [6.07, 6.45) is 12.5. The summed E-state index contributed by atoms with van der Waals surface area (Å²) >= 11 is 0. The standard InChI is InChI=1S/C32H48N2O7S/c1-2-3-4-5-8-14-19-29(35)30(36)20-15-9-6-7-10-16-23-33-31(37)25-21-22-27(32(38)39)28(24-25)34-42(40,41)26-17-12-11-13-18-26/h11-13,17-18,21-22,24,29-30,34-36H,2-10,14-16,19-20,23H2,1H3,(H,33,37)(H,38,39). The molecule has 2 aromatic rings. The van der Waals surface area contributed by atoms with Gasteiger partial charge in [0.15, 0.2) is 0 Å². The number of carbonyl (C=O) groups is 2. The van der Waals surface area contributed by atoms with Crippen molar-refractivity contribution >= 4 is 27.6 Å². The van der Waals surface area contributed by atoms with E-state index in [1.807, 2.05) is 0 Å². The number of carbonyl (C=O) groups excluding carboxylic acids is 1. The molecular formula is C32H48N2O7S. The molecule has 0 bridgehead atoms. The molecule has 42 heavy (non-hydrogen) atoms. The monoisotopic (exact) mass is 604 g/mol. The molecule has 0 aromatic heterocycles. The summed E-state index contributed by atoms with van der Waals surface area (Å²) < 4.78 is 27.7. The highest BCUT2D eigenvalue weighted by atomic mass is 32.2. The molecule has 0 saturated carbocycles. The van der Waals surface area contributed by atoms with Gasteiger partial charge in [0.1, 0.15) is 0 Å². The molecular weight excluding hydrogens is 556 g/mol. The molecule has 9 nitrogen and oxygen atoms in total. The summed E-state index contributed by atoms with van der Waals surface area (Å²) in [5.41, 5.74) is -0.284. The number of rotatable bonds is 22. The minimum atomic E-state index is -4.03. The fourth-order valence-corrected chi connectivity index (χ4v) is 5.86. The molecule has 0 spiro atoms. The summed E-state index contributed by atoms with van der Waals surface area (Å²) in [6, 6.07) is 11.4. The van der Waals surface area contributed by atoms with Gasteiger partial charge in [-0.05, 0) is 49.6 Å². The molecule has 5 N–H and O–H groups in total. The van der Waals surface area contributed by atoms with Crippen molar-refractivity contribution in [3.63, 3.8) is 0 Å². The van der Waals surface area contributed by atoms with E-state index in [2.05, 4.69) is 17.0 Å². The Hall–Kier alpha value is -2.95. The number of aliphatic hydroxyl groups is 2. The van der Waals surface area contributed by atoms with Crippen molar-refractivity contribution in [2.24, 2.45) is 0 Å². The first-order chi connectivity index (χ1) is 20.2. The number of unbranched alkanes of at least 4 members (excludes halogenated alkanes) is 10. The molecule has 2 atom stereocenters. The molecule has 0 aliphatic carbocycles. The van der Waals surface area contributed by atoms with Gasteiger partial charge in [-0.3, -0.25) is 9.52 Å². The van der Waals surface area contributed by atoms with E-state index < -0.39 is 34.1 Å². The number of nitrogens with one attached hydrogen (secondary N) is 2. The van der Waals surface area contributed by atoms with Crippen LogP contribution in [-0.4, -0.2) is 54.4 Å². The second-order valence-electron chi connectivity index (χ2n) is 10.8. The molecule has 0 heterocycles. The van der Waals surface area contributed by atoms with E-state index in [4.69, 9.17) is 0 Å². The SMILES string of the molecule is CCCCCCCCC(O)C(O)CCCCCCCCNC(=O)c1ccc(C(=O)O)c(NS(=O)(=O)c2ccccc2)c1. The van der Waals surface area contributed by atoms with Crippen LogP contribution in [0.25, 0.3) is 0 Å². The number of hydrogen-bond donors (Lipinski definition) is 5. The normalized spacial score (nSPS) is 12.9. The Labute approximate surface area is 250 Å². The number of hydrogen-bond acceptors (Lipinski definition) is 6. The van der Waals surface area contributed by atoms with Gasteiger partial charge >= 0.3 is 5.97 Å². The van der Waals surface area contributed by atoms with Crippen molar-refractivity contribution in [1.29, 1.82) is 0 Å². The largest absolute Gasteiger partial charge is 0.478 e. The Balaban J connectivity index is 1.67. The van der Waals surface area contributed by atoms with E-state index in [-0.39, 0.29) is 21.7 Å². The minimum absolute atomic E-state index is 0.0199. The maximum atomic E-state index is 12.7. The van der Waals surface area contributed by atoms with E-state index in [0.717, 1.165) is 51.4 Å². The average Bonchev–Trinajstić information content (AvgIpc) is 2.97. The zero-order valence-electron chi connectivity index (χ0n) is 24.8. The van der Waals surface area contributed by atoms with Crippen LogP contribution in [0, 0.1) is 0 Å². The predicted molar refractivity (Wildman–Crippen MR) is 165 cm³/mol. The highest BCUT2D eigenvalue weighted by Crippen LogP contribution is 2.22. The number of anilines is 1. The van der Waals surface area contributed by atoms with Crippen LogP contribution in [-0.2, 0) is 10.0 Å². The minimum Gasteiger partial charge on any atom is -0.478 e. The Morgan fingerprint density at radius 1 is 0.762 bits per heavy atom. The lowest BCUT2D eigenvalue weighted by atomic mass is 9.99. The predicted octanol–water partition coefficient (Wildman–Crippen LogP) is 6.12. The molecule has 234 valence electrons. The summed E-state index contributed by atoms with van der Waals surface area (Å²) in [7, 11) is -4.03. The first-order valence-corrected chi connectivity index (χ1v) is 16.7. The molecule has 0 saturated heterocycles. The van der Waals surface area contributed by atoms with Crippen molar-refractivity contribution in [3.8, 4) is 0 Å². The van der Waals surface area contributed by atoms with Crippen molar-refractivity contribution in [3.05, 3.63) is 59.7 Å². The zero-order valence-corrected chi connectivity index (χ0v) is 25.6. The van der Waals surface area contributed by atoms with Crippen LogP contribution in [0.4, 0.5) is 5.69 Å². The van der Waals surface area contributed by atoms with Crippen LogP contribution in [0.15, 0.2) is 53.4 Å². The lowest BCUT2D eigenvalue weighted by Crippen LogP contribution is -2.25. The van der Waals surface area contributed by atoms with Gasteiger partial charge in [0.05, 0.1) is 28.4 Å². The van der Waals surface area contributed by atoms with E-state index in [9.17, 15) is 33.3 Å². The molecule has 2 aromatic carbocycles. The van der Waals surface area contributed by atoms with Crippen molar-refractivity contribution in [2.45, 2.75) is 114 Å². The maximum Gasteiger partial charge on any atom is 0.337 e. The molecule has 2 rings (SSSR count). The quantitative estimate of drug-likeness (QED) is 0.102. The second kappa shape index (κ2) is 19.3. The van der Waals surface area contributed by atoms with Crippen LogP contribution in [0.1, 0.15) is 118 Å². The van der Waals surface area contributed by atoms with Gasteiger partial charge < -0.3 is 20.6 Å². The zero-order chi connectivity index (χ0) is 30.8. The molecule has 1 amide bonds. The molecule has 0 aliphatic heterocycles. The fourth-order valence-electron chi connectivity index (χ4n) is 4.77. The Bertz CT molecular complexity index is 1190. The number of amides is 1. The van der Waals surface area contributed by atoms with Crippen LogP contribution < -0.4 is 10.0 Å². The topological polar surface area (TPSA) is 153 Å². The van der Waals surface area contributed by atoms with E-state index in [1.54, 1.807) is 18.2 Å². The number of aromatic carboxylic acids is 1. The highest BCUT2D eigenvalue weighted by molar-refractivity contribution is 7.92. The number of aliphatic hydroxyl groups excluding tert-OH is 2. The number of benzene rings is 2. The third-order valence-corrected chi connectivity index (χ3v) is 8.70. The number of carboxylic acid groups (broad SMARTS) is 1. The molecule has 0 fully saturated rings. The highest BCUT2D eigenvalue weighted by Gasteiger charge is 2.20. The maximum absolute atomic E-state index is 12.7. The van der Waals surface area contributed by atoms with Gasteiger partial charge in [-0.25, -0.2) is 13.2 Å². The summed E-state index contributed by atoms with van der Waals surface area (Å²) in [5.74, 6) is -1.73. The first kappa shape index (κ1) is 35.2.